The maximum Gasteiger partial charge on any atom is 0.319 e. The highest BCUT2D eigenvalue weighted by Gasteiger charge is 2.31. The molecule has 1 aromatic carbocycles. The molecule has 3 N–H and O–H groups in total. The van der Waals surface area contributed by atoms with Gasteiger partial charge in [0.1, 0.15) is 0 Å². The highest BCUT2D eigenvalue weighted by Crippen LogP contribution is 2.38. The van der Waals surface area contributed by atoms with E-state index in [0.717, 1.165) is 19.3 Å². The Balaban J connectivity index is 2.62. The molecule has 0 fully saturated rings. The van der Waals surface area contributed by atoms with Gasteiger partial charge in [-0.25, -0.2) is 4.79 Å². The number of hydrogen-bond donors (Lipinski definition) is 3. The van der Waals surface area contributed by atoms with Gasteiger partial charge < -0.3 is 10.6 Å². The molecule has 0 aliphatic heterocycles. The van der Waals surface area contributed by atoms with Crippen molar-refractivity contribution in [2.24, 2.45) is 11.3 Å². The SMILES string of the molecule is CCCCCC(C)(CC)C(CC)CNC(=O)Nc1ccc(S(=O)(=O)O)cc1. The van der Waals surface area contributed by atoms with E-state index in [1.807, 2.05) is 0 Å². The number of amides is 2. The molecule has 6 nitrogen and oxygen atoms in total. The summed E-state index contributed by atoms with van der Waals surface area (Å²) in [6.45, 7) is 9.48. The van der Waals surface area contributed by atoms with E-state index in [9.17, 15) is 13.2 Å². The average molecular weight is 399 g/mol. The zero-order valence-corrected chi connectivity index (χ0v) is 17.7. The molecule has 2 amide bonds. The van der Waals surface area contributed by atoms with E-state index in [1.54, 1.807) is 0 Å². The Morgan fingerprint density at radius 3 is 2.26 bits per heavy atom. The quantitative estimate of drug-likeness (QED) is 0.358. The van der Waals surface area contributed by atoms with Crippen LogP contribution >= 0.6 is 0 Å². The molecular weight excluding hydrogens is 364 g/mol. The van der Waals surface area contributed by atoms with Crippen LogP contribution in [0, 0.1) is 11.3 Å². The zero-order chi connectivity index (χ0) is 20.5. The van der Waals surface area contributed by atoms with E-state index in [1.165, 1.54) is 43.5 Å². The summed E-state index contributed by atoms with van der Waals surface area (Å²) in [5.74, 6) is 0.395. The molecule has 154 valence electrons. The van der Waals surface area contributed by atoms with Crippen LogP contribution in [-0.2, 0) is 10.1 Å². The van der Waals surface area contributed by atoms with E-state index in [-0.39, 0.29) is 16.3 Å². The van der Waals surface area contributed by atoms with Gasteiger partial charge in [-0.05, 0) is 42.0 Å². The smallest absolute Gasteiger partial charge is 0.319 e. The van der Waals surface area contributed by atoms with Crippen LogP contribution in [0.25, 0.3) is 0 Å². The lowest BCUT2D eigenvalue weighted by atomic mass is 9.70. The standard InChI is InChI=1S/C20H34N2O4S/c1-5-8-9-14-20(4,7-3)16(6-2)15-21-19(23)22-17-10-12-18(13-11-17)27(24,25)26/h10-13,16H,5-9,14-15H2,1-4H3,(H2,21,22,23)(H,24,25,26). The van der Waals surface area contributed by atoms with Crippen LogP contribution < -0.4 is 10.6 Å². The molecule has 0 heterocycles. The molecule has 0 saturated carbocycles. The third-order valence-electron chi connectivity index (χ3n) is 5.56. The van der Waals surface area contributed by atoms with Crippen molar-refractivity contribution in [2.45, 2.75) is 71.1 Å². The van der Waals surface area contributed by atoms with Crippen molar-refractivity contribution in [3.8, 4) is 0 Å². The number of carbonyl (C=O) groups excluding carboxylic acids is 1. The highest BCUT2D eigenvalue weighted by atomic mass is 32.2. The lowest BCUT2D eigenvalue weighted by Crippen LogP contribution is -2.39. The predicted octanol–water partition coefficient (Wildman–Crippen LogP) is 5.08. The fraction of sp³-hybridized carbons (Fsp3) is 0.650. The molecule has 0 aliphatic rings. The van der Waals surface area contributed by atoms with Crippen molar-refractivity contribution < 1.29 is 17.8 Å². The number of nitrogens with one attached hydrogen (secondary N) is 2. The van der Waals surface area contributed by atoms with E-state index >= 15 is 0 Å². The van der Waals surface area contributed by atoms with Gasteiger partial charge in [0.05, 0.1) is 4.90 Å². The van der Waals surface area contributed by atoms with Gasteiger partial charge in [-0.15, -0.1) is 0 Å². The molecule has 0 spiro atoms. The van der Waals surface area contributed by atoms with E-state index < -0.39 is 10.1 Å². The number of hydrogen-bond acceptors (Lipinski definition) is 3. The second kappa shape index (κ2) is 10.7. The van der Waals surface area contributed by atoms with E-state index in [0.29, 0.717) is 18.2 Å². The molecule has 27 heavy (non-hydrogen) atoms. The van der Waals surface area contributed by atoms with Crippen molar-refractivity contribution in [2.75, 3.05) is 11.9 Å². The topological polar surface area (TPSA) is 95.5 Å². The van der Waals surface area contributed by atoms with Crippen LogP contribution in [0.15, 0.2) is 29.2 Å². The third-order valence-corrected chi connectivity index (χ3v) is 6.42. The number of benzene rings is 1. The van der Waals surface area contributed by atoms with Gasteiger partial charge >= 0.3 is 6.03 Å². The highest BCUT2D eigenvalue weighted by molar-refractivity contribution is 7.85. The summed E-state index contributed by atoms with van der Waals surface area (Å²) < 4.78 is 31.1. The Bertz CT molecular complexity index is 688. The number of anilines is 1. The summed E-state index contributed by atoms with van der Waals surface area (Å²) in [6.07, 6.45) is 6.89. The summed E-state index contributed by atoms with van der Waals surface area (Å²) in [5, 5.41) is 5.64. The summed E-state index contributed by atoms with van der Waals surface area (Å²) in [6, 6.07) is 5.07. The number of rotatable bonds is 11. The maximum absolute atomic E-state index is 12.2. The lowest BCUT2D eigenvalue weighted by molar-refractivity contribution is 0.148. The first-order valence-electron chi connectivity index (χ1n) is 9.78. The Morgan fingerprint density at radius 2 is 1.78 bits per heavy atom. The van der Waals surface area contributed by atoms with Crippen molar-refractivity contribution in [3.63, 3.8) is 0 Å². The predicted molar refractivity (Wildman–Crippen MR) is 110 cm³/mol. The first-order chi connectivity index (χ1) is 12.7. The second-order valence-corrected chi connectivity index (χ2v) is 8.83. The fourth-order valence-electron chi connectivity index (χ4n) is 3.43. The minimum absolute atomic E-state index is 0.203. The molecule has 2 atom stereocenters. The van der Waals surface area contributed by atoms with Gasteiger partial charge in [0.15, 0.2) is 0 Å². The van der Waals surface area contributed by atoms with Crippen LogP contribution in [0.4, 0.5) is 10.5 Å². The molecule has 0 radical (unpaired) electrons. The van der Waals surface area contributed by atoms with E-state index in [4.69, 9.17) is 4.55 Å². The molecule has 0 bridgehead atoms. The molecular formula is C20H34N2O4S. The van der Waals surface area contributed by atoms with Crippen LogP contribution in [-0.4, -0.2) is 25.5 Å². The van der Waals surface area contributed by atoms with Gasteiger partial charge in [-0.1, -0.05) is 59.8 Å². The Morgan fingerprint density at radius 1 is 1.15 bits per heavy atom. The molecule has 0 aromatic heterocycles. The van der Waals surface area contributed by atoms with Crippen LogP contribution in [0.2, 0.25) is 0 Å². The van der Waals surface area contributed by atoms with Gasteiger partial charge in [0.2, 0.25) is 0 Å². The van der Waals surface area contributed by atoms with Gasteiger partial charge in [-0.3, -0.25) is 4.55 Å². The Kier molecular flexibility index (Phi) is 9.26. The molecule has 7 heteroatoms. The first kappa shape index (κ1) is 23.4. The fourth-order valence-corrected chi connectivity index (χ4v) is 3.91. The Hall–Kier alpha value is -1.60. The van der Waals surface area contributed by atoms with Crippen molar-refractivity contribution in [1.29, 1.82) is 0 Å². The van der Waals surface area contributed by atoms with Crippen molar-refractivity contribution in [3.05, 3.63) is 24.3 Å². The number of unbranched alkanes of at least 4 members (excludes halogenated alkanes) is 2. The Labute approximate surface area is 163 Å². The summed E-state index contributed by atoms with van der Waals surface area (Å²) in [5.41, 5.74) is 0.670. The van der Waals surface area contributed by atoms with Gasteiger partial charge in [0, 0.05) is 12.2 Å². The molecule has 1 rings (SSSR count). The monoisotopic (exact) mass is 398 g/mol. The largest absolute Gasteiger partial charge is 0.338 e. The first-order valence-corrected chi connectivity index (χ1v) is 11.2. The average Bonchev–Trinajstić information content (AvgIpc) is 2.62. The van der Waals surface area contributed by atoms with Gasteiger partial charge in [-0.2, -0.15) is 8.42 Å². The second-order valence-electron chi connectivity index (χ2n) is 7.40. The molecule has 2 unspecified atom stereocenters. The van der Waals surface area contributed by atoms with Gasteiger partial charge in [0.25, 0.3) is 10.1 Å². The lowest BCUT2D eigenvalue weighted by Gasteiger charge is -2.37. The van der Waals surface area contributed by atoms with Crippen LogP contribution in [0.3, 0.4) is 0 Å². The molecule has 0 saturated heterocycles. The van der Waals surface area contributed by atoms with E-state index in [2.05, 4.69) is 38.3 Å². The van der Waals surface area contributed by atoms with Crippen LogP contribution in [0.1, 0.15) is 66.2 Å². The minimum Gasteiger partial charge on any atom is -0.338 e. The van der Waals surface area contributed by atoms with Crippen LogP contribution in [0.5, 0.6) is 0 Å². The maximum atomic E-state index is 12.2. The van der Waals surface area contributed by atoms with Crippen molar-refractivity contribution in [1.82, 2.24) is 5.32 Å². The normalized spacial score (nSPS) is 15.0. The number of urea groups is 1. The summed E-state index contributed by atoms with van der Waals surface area (Å²) in [7, 11) is -4.23. The minimum atomic E-state index is -4.23. The zero-order valence-electron chi connectivity index (χ0n) is 16.9. The summed E-state index contributed by atoms with van der Waals surface area (Å²) in [4.78, 5) is 12.0. The summed E-state index contributed by atoms with van der Waals surface area (Å²) >= 11 is 0. The number of carbonyl (C=O) groups is 1. The third kappa shape index (κ3) is 7.50. The molecule has 0 aliphatic carbocycles. The molecule has 1 aromatic rings. The van der Waals surface area contributed by atoms with Crippen molar-refractivity contribution >= 4 is 21.8 Å².